The average Bonchev–Trinajstić information content (AvgIpc) is 3.21. The molecule has 346 valence electrons. The van der Waals surface area contributed by atoms with Crippen LogP contribution in [0, 0.1) is 0 Å². The minimum Gasteiger partial charge on any atom is -0.462 e. The monoisotopic (exact) mass is 873 g/mol. The van der Waals surface area contributed by atoms with Gasteiger partial charge in [0.1, 0.15) is 19.8 Å². The molecule has 0 aliphatic carbocycles. The summed E-state index contributed by atoms with van der Waals surface area (Å²) < 4.78 is 34.1. The van der Waals surface area contributed by atoms with Crippen molar-refractivity contribution in [3.8, 4) is 0 Å². The number of nitrogens with zero attached hydrogens (tertiary/aromatic N) is 1. The van der Waals surface area contributed by atoms with Crippen LogP contribution in [-0.4, -0.2) is 86.1 Å². The highest BCUT2D eigenvalue weighted by atomic mass is 31.2. The van der Waals surface area contributed by atoms with Gasteiger partial charge < -0.3 is 24.0 Å². The third-order valence-corrected chi connectivity index (χ3v) is 9.94. The summed E-state index contributed by atoms with van der Waals surface area (Å²) in [5, 5.41) is 9.57. The molecule has 0 aromatic rings. The van der Waals surface area contributed by atoms with E-state index in [0.717, 1.165) is 64.2 Å². The van der Waals surface area contributed by atoms with Crippen molar-refractivity contribution in [3.05, 3.63) is 109 Å². The summed E-state index contributed by atoms with van der Waals surface area (Å²) in [6.45, 7) is 3.92. The Balaban J connectivity index is 4.59. The van der Waals surface area contributed by atoms with Gasteiger partial charge >= 0.3 is 19.8 Å². The van der Waals surface area contributed by atoms with Crippen molar-refractivity contribution in [2.45, 2.75) is 148 Å². The number of phosphoric ester groups is 1. The van der Waals surface area contributed by atoms with Crippen LogP contribution in [0.2, 0.25) is 0 Å². The molecule has 0 saturated heterocycles. The summed E-state index contributed by atoms with van der Waals surface area (Å²) >= 11 is 0. The number of unbranched alkanes of at least 4 members (excludes halogenated alkanes) is 4. The predicted molar refractivity (Wildman–Crippen MR) is 253 cm³/mol. The molecule has 0 fully saturated rings. The molecule has 0 aromatic carbocycles. The standard InChI is InChI=1S/C50H82NO9P/c1-6-8-9-10-11-12-13-14-15-16-17-18-19-23-26-29-32-35-38-41-49(53)57-45-48(46-59-61(55,56)58-44-43-51(3,4)5)60-50(54)42-39-36-33-30-27-24-21-20-22-25-28-31-34-37-40-47(52)7-2/h11-12,14-15,17-18,21-26,30-35,47-48,52H,6-10,13,16,19-20,27-29,36-46H2,1-5H3/p+1/b12-11-,15-14-,18-17-,24-21-,25-22-,26-23-,33-30-,34-31-,35-32-/t47-,48-/m1/s1. The second kappa shape index (κ2) is 40.7. The van der Waals surface area contributed by atoms with E-state index in [-0.39, 0.29) is 32.2 Å². The molecule has 0 aliphatic rings. The lowest BCUT2D eigenvalue weighted by molar-refractivity contribution is -0.870. The van der Waals surface area contributed by atoms with Crippen LogP contribution in [0.5, 0.6) is 0 Å². The first kappa shape index (κ1) is 57.6. The van der Waals surface area contributed by atoms with Crippen LogP contribution >= 0.6 is 7.82 Å². The second-order valence-electron chi connectivity index (χ2n) is 15.9. The smallest absolute Gasteiger partial charge is 0.462 e. The molecule has 10 nitrogen and oxygen atoms in total. The maximum absolute atomic E-state index is 12.7. The van der Waals surface area contributed by atoms with Crippen molar-refractivity contribution in [2.75, 3.05) is 47.5 Å². The van der Waals surface area contributed by atoms with Crippen LogP contribution < -0.4 is 0 Å². The number of esters is 2. The normalized spacial score (nSPS) is 15.1. The highest BCUT2D eigenvalue weighted by Gasteiger charge is 2.27. The van der Waals surface area contributed by atoms with E-state index in [0.29, 0.717) is 30.3 Å². The molecule has 0 spiro atoms. The number of quaternary nitrogens is 1. The SMILES string of the molecule is CCCCC/C=C\C/C=C\C/C=C\C/C=C\C/C=C\CCC(=O)OC[C@H](COP(=O)(O)OCC[N+](C)(C)C)OC(=O)CCC/C=C\C/C=C\C/C=C\C/C=C\CC[C@H](O)CC. The van der Waals surface area contributed by atoms with Gasteiger partial charge in [0.05, 0.1) is 33.9 Å². The molecule has 0 aromatic heterocycles. The van der Waals surface area contributed by atoms with Gasteiger partial charge in [0.25, 0.3) is 0 Å². The van der Waals surface area contributed by atoms with E-state index < -0.39 is 32.5 Å². The molecule has 0 amide bonds. The molecule has 0 heterocycles. The fourth-order valence-electron chi connectivity index (χ4n) is 5.20. The molecule has 0 rings (SSSR count). The second-order valence-corrected chi connectivity index (χ2v) is 17.3. The lowest BCUT2D eigenvalue weighted by Crippen LogP contribution is -2.37. The first-order chi connectivity index (χ1) is 29.4. The van der Waals surface area contributed by atoms with Gasteiger partial charge in [-0.3, -0.25) is 18.6 Å². The topological polar surface area (TPSA) is 129 Å². The van der Waals surface area contributed by atoms with Gasteiger partial charge in [-0.15, -0.1) is 0 Å². The number of aliphatic hydroxyl groups is 1. The van der Waals surface area contributed by atoms with Gasteiger partial charge in [0.2, 0.25) is 0 Å². The van der Waals surface area contributed by atoms with E-state index >= 15 is 0 Å². The van der Waals surface area contributed by atoms with E-state index in [1.165, 1.54) is 25.7 Å². The maximum atomic E-state index is 12.7. The van der Waals surface area contributed by atoms with E-state index in [9.17, 15) is 24.2 Å². The lowest BCUT2D eigenvalue weighted by atomic mass is 10.1. The largest absolute Gasteiger partial charge is 0.472 e. The van der Waals surface area contributed by atoms with Crippen molar-refractivity contribution in [3.63, 3.8) is 0 Å². The van der Waals surface area contributed by atoms with E-state index in [1.54, 1.807) is 0 Å². The van der Waals surface area contributed by atoms with Crippen molar-refractivity contribution in [1.82, 2.24) is 0 Å². The molecule has 11 heteroatoms. The molecule has 2 N–H and O–H groups in total. The Kier molecular flexibility index (Phi) is 38.4. The Hall–Kier alpha value is -3.37. The number of likely N-dealkylation sites (N-methyl/N-ethyl adjacent to an activating group) is 1. The van der Waals surface area contributed by atoms with Crippen LogP contribution in [0.3, 0.4) is 0 Å². The number of hydrogen-bond acceptors (Lipinski definition) is 8. The quantitative estimate of drug-likeness (QED) is 0.0204. The number of carbonyl (C=O) groups excluding carboxylic acids is 2. The number of carbonyl (C=O) groups is 2. The minimum absolute atomic E-state index is 0.00229. The van der Waals surface area contributed by atoms with E-state index in [2.05, 4.69) is 92.0 Å². The number of phosphoric acid groups is 1. The van der Waals surface area contributed by atoms with Crippen molar-refractivity contribution in [2.24, 2.45) is 0 Å². The summed E-state index contributed by atoms with van der Waals surface area (Å²) in [4.78, 5) is 35.3. The highest BCUT2D eigenvalue weighted by Crippen LogP contribution is 2.43. The zero-order chi connectivity index (χ0) is 45.1. The summed E-state index contributed by atoms with van der Waals surface area (Å²) in [5.74, 6) is -0.992. The van der Waals surface area contributed by atoms with Gasteiger partial charge in [-0.25, -0.2) is 4.57 Å². The molecule has 0 saturated carbocycles. The molecule has 3 atom stereocenters. The van der Waals surface area contributed by atoms with Gasteiger partial charge in [-0.05, 0) is 96.3 Å². The van der Waals surface area contributed by atoms with Crippen molar-refractivity contribution >= 4 is 19.8 Å². The zero-order valence-electron chi connectivity index (χ0n) is 38.5. The van der Waals surface area contributed by atoms with Gasteiger partial charge in [0.15, 0.2) is 6.10 Å². The first-order valence-electron chi connectivity index (χ1n) is 22.7. The third-order valence-electron chi connectivity index (χ3n) is 8.95. The van der Waals surface area contributed by atoms with Crippen molar-refractivity contribution in [1.29, 1.82) is 0 Å². The molecule has 61 heavy (non-hydrogen) atoms. The van der Waals surface area contributed by atoms with Gasteiger partial charge in [-0.1, -0.05) is 136 Å². The first-order valence-corrected chi connectivity index (χ1v) is 24.2. The summed E-state index contributed by atoms with van der Waals surface area (Å²) in [6.07, 6.45) is 52.5. The molecule has 0 radical (unpaired) electrons. The predicted octanol–water partition coefficient (Wildman–Crippen LogP) is 12.1. The van der Waals surface area contributed by atoms with Crippen LogP contribution in [0.25, 0.3) is 0 Å². The Labute approximate surface area is 370 Å². The molecular weight excluding hydrogens is 790 g/mol. The Morgan fingerprint density at radius 1 is 0.574 bits per heavy atom. The van der Waals surface area contributed by atoms with Gasteiger partial charge in [-0.2, -0.15) is 0 Å². The Bertz CT molecular complexity index is 1420. The molecule has 1 unspecified atom stereocenters. The summed E-state index contributed by atoms with van der Waals surface area (Å²) in [5.41, 5.74) is 0. The van der Waals surface area contributed by atoms with Gasteiger partial charge in [0, 0.05) is 12.8 Å². The molecule has 0 bridgehead atoms. The summed E-state index contributed by atoms with van der Waals surface area (Å²) in [6, 6.07) is 0. The fraction of sp³-hybridized carbons (Fsp3) is 0.600. The molecule has 0 aliphatic heterocycles. The van der Waals surface area contributed by atoms with Crippen LogP contribution in [0.15, 0.2) is 109 Å². The lowest BCUT2D eigenvalue weighted by Gasteiger charge is -2.24. The van der Waals surface area contributed by atoms with Crippen LogP contribution in [0.1, 0.15) is 136 Å². The third kappa shape index (κ3) is 44.5. The number of ether oxygens (including phenoxy) is 2. The van der Waals surface area contributed by atoms with Crippen LogP contribution in [0.4, 0.5) is 0 Å². The number of hydrogen-bond donors (Lipinski definition) is 2. The molecular formula is C50H83NO9P+. The number of aliphatic hydroxyl groups excluding tert-OH is 1. The zero-order valence-corrected chi connectivity index (χ0v) is 39.4. The Morgan fingerprint density at radius 2 is 1.03 bits per heavy atom. The van der Waals surface area contributed by atoms with E-state index in [1.807, 2.05) is 52.4 Å². The van der Waals surface area contributed by atoms with E-state index in [4.69, 9.17) is 18.5 Å². The number of rotatable bonds is 39. The average molecular weight is 873 g/mol. The minimum atomic E-state index is -4.42. The summed E-state index contributed by atoms with van der Waals surface area (Å²) in [7, 11) is 1.36. The number of allylic oxidation sites excluding steroid dienone is 18. The maximum Gasteiger partial charge on any atom is 0.472 e. The Morgan fingerprint density at radius 3 is 1.51 bits per heavy atom. The highest BCUT2D eigenvalue weighted by molar-refractivity contribution is 7.47. The van der Waals surface area contributed by atoms with Crippen LogP contribution in [-0.2, 0) is 32.7 Å². The fourth-order valence-corrected chi connectivity index (χ4v) is 5.94. The van der Waals surface area contributed by atoms with Crippen molar-refractivity contribution < 1.29 is 47.2 Å².